The van der Waals surface area contributed by atoms with Crippen LogP contribution in [0.15, 0.2) is 54.9 Å². The fraction of sp³-hybridized carbons (Fsp3) is 0.320. The number of anilines is 1. The third kappa shape index (κ3) is 5.73. The third-order valence-electron chi connectivity index (χ3n) is 5.48. The van der Waals surface area contributed by atoms with Gasteiger partial charge in [0.1, 0.15) is 11.9 Å². The van der Waals surface area contributed by atoms with Crippen LogP contribution in [0.25, 0.3) is 0 Å². The number of pyridine rings is 1. The van der Waals surface area contributed by atoms with Crippen molar-refractivity contribution in [3.05, 3.63) is 77.5 Å². The van der Waals surface area contributed by atoms with Gasteiger partial charge in [-0.25, -0.2) is 13.8 Å². The maximum absolute atomic E-state index is 15.8. The van der Waals surface area contributed by atoms with E-state index >= 15 is 4.39 Å². The molecule has 2 aromatic rings. The zero-order valence-electron chi connectivity index (χ0n) is 20.1. The first-order valence-corrected chi connectivity index (χ1v) is 12.5. The van der Waals surface area contributed by atoms with Crippen molar-refractivity contribution in [2.24, 2.45) is 0 Å². The summed E-state index contributed by atoms with van der Waals surface area (Å²) in [5.41, 5.74) is -2.12. The Kier molecular flexibility index (Phi) is 9.33. The molecule has 192 valence electrons. The van der Waals surface area contributed by atoms with Gasteiger partial charge in [-0.3, -0.25) is 4.79 Å². The van der Waals surface area contributed by atoms with E-state index in [9.17, 15) is 22.4 Å². The Bertz CT molecular complexity index is 1190. The summed E-state index contributed by atoms with van der Waals surface area (Å²) in [6.45, 7) is 11.6. The lowest BCUT2D eigenvalue weighted by Gasteiger charge is -2.47. The average Bonchev–Trinajstić information content (AvgIpc) is 2.84. The van der Waals surface area contributed by atoms with E-state index < -0.39 is 42.9 Å². The molecule has 1 aliphatic carbocycles. The molecule has 1 unspecified atom stereocenters. The molecule has 5 nitrogen and oxygen atoms in total. The highest BCUT2D eigenvalue weighted by Gasteiger charge is 2.46. The number of carbonyl (C=O) groups excluding carboxylic acids is 1. The van der Waals surface area contributed by atoms with E-state index in [1.807, 2.05) is 13.8 Å². The largest absolute Gasteiger partial charge is 0.419 e. The summed E-state index contributed by atoms with van der Waals surface area (Å²) in [7, 11) is -0.506. The van der Waals surface area contributed by atoms with Crippen LogP contribution in [0.5, 0.6) is 0 Å². The van der Waals surface area contributed by atoms with Gasteiger partial charge in [-0.2, -0.15) is 18.4 Å². The molecule has 1 atom stereocenters. The van der Waals surface area contributed by atoms with Gasteiger partial charge in [-0.1, -0.05) is 32.8 Å². The second-order valence-electron chi connectivity index (χ2n) is 7.52. The molecule has 11 heteroatoms. The van der Waals surface area contributed by atoms with Crippen molar-refractivity contribution in [1.82, 2.24) is 10.3 Å². The molecule has 1 heterocycles. The summed E-state index contributed by atoms with van der Waals surface area (Å²) in [6, 6.07) is 5.74. The van der Waals surface area contributed by atoms with E-state index in [1.54, 1.807) is 0 Å². The van der Waals surface area contributed by atoms with Crippen molar-refractivity contribution in [3.63, 3.8) is 0 Å². The van der Waals surface area contributed by atoms with Crippen molar-refractivity contribution in [1.29, 1.82) is 5.26 Å². The van der Waals surface area contributed by atoms with Gasteiger partial charge in [0.2, 0.25) is 0 Å². The van der Waals surface area contributed by atoms with Gasteiger partial charge < -0.3 is 10.2 Å². The molecule has 0 saturated heterocycles. The van der Waals surface area contributed by atoms with Gasteiger partial charge in [0.05, 0.1) is 11.1 Å². The lowest BCUT2D eigenvalue weighted by Crippen LogP contribution is -2.49. The van der Waals surface area contributed by atoms with Crippen molar-refractivity contribution >= 4 is 24.8 Å². The van der Waals surface area contributed by atoms with Crippen LogP contribution >= 0.6 is 7.92 Å². The number of hydrogen-bond donors (Lipinski definition) is 1. The molecule has 0 radical (unpaired) electrons. The summed E-state index contributed by atoms with van der Waals surface area (Å²) in [4.78, 5) is 16.6. The Hall–Kier alpha value is -3.31. The van der Waals surface area contributed by atoms with Gasteiger partial charge in [-0.05, 0) is 38.6 Å². The number of benzene rings is 1. The fourth-order valence-corrected chi connectivity index (χ4v) is 5.30. The first-order valence-electron chi connectivity index (χ1n) is 11.1. The quantitative estimate of drug-likeness (QED) is 0.253. The summed E-state index contributed by atoms with van der Waals surface area (Å²) >= 11 is 0. The lowest BCUT2D eigenvalue weighted by atomic mass is 9.88. The molecule has 1 saturated carbocycles. The van der Waals surface area contributed by atoms with E-state index in [0.29, 0.717) is 6.42 Å². The molecule has 1 aromatic carbocycles. The average molecular weight is 524 g/mol. The number of nitriles is 1. The van der Waals surface area contributed by atoms with Crippen molar-refractivity contribution < 1.29 is 26.7 Å². The number of aromatic nitrogens is 1. The predicted molar refractivity (Wildman–Crippen MR) is 131 cm³/mol. The normalized spacial score (nSPS) is 14.8. The minimum absolute atomic E-state index is 0.0525. The molecule has 1 aromatic heterocycles. The molecule has 0 spiro atoms. The van der Waals surface area contributed by atoms with Crippen LogP contribution in [-0.2, 0) is 6.18 Å². The van der Waals surface area contributed by atoms with Crippen LogP contribution in [0.1, 0.15) is 54.7 Å². The Balaban J connectivity index is 0.00000222. The zero-order valence-corrected chi connectivity index (χ0v) is 21.0. The van der Waals surface area contributed by atoms with Gasteiger partial charge in [-0.15, -0.1) is 0 Å². The standard InChI is InChI=1S/C23H20F5N4OP.C2H6/c1-4-34(16-11-18(23(26,27)28)20(12-29)31-13-16)14(2)32(22(25)8-5-9-22)15-6-7-17(19(24)10-15)21(33)30-3;1-2/h4,6-7,10-11,13H,1-2,5,8-9H2,3H3,(H,30,33);1-2H3. The smallest absolute Gasteiger partial charge is 0.355 e. The first-order chi connectivity index (χ1) is 17.0. The lowest BCUT2D eigenvalue weighted by molar-refractivity contribution is -0.138. The Labute approximate surface area is 208 Å². The SMILES string of the molecule is C=CP(C(=C)N(c1ccc(C(=O)NC)c(F)c1)C1(F)CCC1)c1cnc(C#N)c(C(F)(F)F)c1.CC. The molecule has 1 amide bonds. The maximum Gasteiger partial charge on any atom is 0.419 e. The number of amides is 1. The van der Waals surface area contributed by atoms with Crippen LogP contribution in [0.3, 0.4) is 0 Å². The predicted octanol–water partition coefficient (Wildman–Crippen LogP) is 6.58. The molecular weight excluding hydrogens is 498 g/mol. The molecule has 0 aliphatic heterocycles. The van der Waals surface area contributed by atoms with Gasteiger partial charge >= 0.3 is 6.18 Å². The second kappa shape index (κ2) is 11.6. The van der Waals surface area contributed by atoms with Crippen LogP contribution in [-0.4, -0.2) is 23.7 Å². The fourth-order valence-electron chi connectivity index (χ4n) is 3.62. The first kappa shape index (κ1) is 28.9. The van der Waals surface area contributed by atoms with Gasteiger partial charge in [0.15, 0.2) is 11.5 Å². The summed E-state index contributed by atoms with van der Waals surface area (Å²) < 4.78 is 70.8. The Morgan fingerprint density at radius 1 is 1.31 bits per heavy atom. The van der Waals surface area contributed by atoms with Crippen LogP contribution in [0, 0.1) is 17.1 Å². The number of nitrogens with one attached hydrogen (secondary N) is 1. The van der Waals surface area contributed by atoms with E-state index in [0.717, 1.165) is 23.2 Å². The Morgan fingerprint density at radius 2 is 1.94 bits per heavy atom. The topological polar surface area (TPSA) is 69.0 Å². The molecule has 1 fully saturated rings. The minimum atomic E-state index is -4.83. The van der Waals surface area contributed by atoms with Crippen LogP contribution in [0.2, 0.25) is 0 Å². The third-order valence-corrected chi connectivity index (χ3v) is 7.41. The van der Waals surface area contributed by atoms with Crippen LogP contribution in [0.4, 0.5) is 27.6 Å². The van der Waals surface area contributed by atoms with Crippen molar-refractivity contribution in [2.75, 3.05) is 11.9 Å². The number of halogens is 5. The van der Waals surface area contributed by atoms with Crippen molar-refractivity contribution in [2.45, 2.75) is 45.1 Å². The molecule has 36 heavy (non-hydrogen) atoms. The number of alkyl halides is 4. The number of carbonyl (C=O) groups is 1. The van der Waals surface area contributed by atoms with E-state index in [4.69, 9.17) is 5.26 Å². The monoisotopic (exact) mass is 524 g/mol. The zero-order chi connectivity index (χ0) is 27.3. The number of hydrogen-bond acceptors (Lipinski definition) is 4. The van der Waals surface area contributed by atoms with Crippen molar-refractivity contribution in [3.8, 4) is 6.07 Å². The Morgan fingerprint density at radius 3 is 2.39 bits per heavy atom. The highest BCUT2D eigenvalue weighted by Crippen LogP contribution is 2.53. The molecule has 1 aliphatic rings. The second-order valence-corrected chi connectivity index (χ2v) is 9.66. The molecule has 1 N–H and O–H groups in total. The number of rotatable bonds is 7. The minimum Gasteiger partial charge on any atom is -0.355 e. The van der Waals surface area contributed by atoms with Gasteiger partial charge in [0, 0.05) is 42.5 Å². The highest BCUT2D eigenvalue weighted by atomic mass is 31.1. The van der Waals surface area contributed by atoms with Gasteiger partial charge in [0.25, 0.3) is 5.91 Å². The van der Waals surface area contributed by atoms with E-state index in [2.05, 4.69) is 23.5 Å². The number of nitrogens with zero attached hydrogens (tertiary/aromatic N) is 3. The summed E-state index contributed by atoms with van der Waals surface area (Å²) in [5.74, 6) is -2.15. The maximum atomic E-state index is 15.8. The highest BCUT2D eigenvalue weighted by molar-refractivity contribution is 7.72. The van der Waals surface area contributed by atoms with Crippen LogP contribution < -0.4 is 15.5 Å². The van der Waals surface area contributed by atoms with E-state index in [1.165, 1.54) is 31.1 Å². The van der Waals surface area contributed by atoms with E-state index in [-0.39, 0.29) is 34.8 Å². The molecular formula is C25H26F5N4OP. The molecule has 3 rings (SSSR count). The summed E-state index contributed by atoms with van der Waals surface area (Å²) in [5, 5.41) is 11.4. The summed E-state index contributed by atoms with van der Waals surface area (Å²) in [6.07, 6.45) is -2.96. The molecule has 0 bridgehead atoms.